The van der Waals surface area contributed by atoms with Crippen molar-refractivity contribution in [2.45, 2.75) is 43.8 Å². The average molecular weight is 609 g/mol. The Morgan fingerprint density at radius 3 is 2.14 bits per heavy atom. The molecule has 0 radical (unpaired) electrons. The number of hydrogen-bond acceptors (Lipinski definition) is 7. The summed E-state index contributed by atoms with van der Waals surface area (Å²) in [5.41, 5.74) is 1.65. The zero-order valence-corrected chi connectivity index (χ0v) is 23.7. The second-order valence-electron chi connectivity index (χ2n) is 10.4. The lowest BCUT2D eigenvalue weighted by Crippen LogP contribution is -2.40. The Hall–Kier alpha value is -4.80. The van der Waals surface area contributed by atoms with Crippen molar-refractivity contribution in [2.75, 3.05) is 19.8 Å². The Bertz CT molecular complexity index is 1490. The van der Waals surface area contributed by atoms with Crippen LogP contribution in [0.15, 0.2) is 95.7 Å². The first-order valence-corrected chi connectivity index (χ1v) is 14.2. The van der Waals surface area contributed by atoms with E-state index in [0.717, 1.165) is 23.3 Å². The smallest absolute Gasteiger partial charge is 0.416 e. The van der Waals surface area contributed by atoms with Gasteiger partial charge in [-0.05, 0) is 66.8 Å². The first-order chi connectivity index (χ1) is 21.3. The number of cyclic esters (lactones) is 1. The maximum Gasteiger partial charge on any atom is 0.416 e. The minimum absolute atomic E-state index is 0.00788. The highest BCUT2D eigenvalue weighted by molar-refractivity contribution is 5.94. The maximum absolute atomic E-state index is 13.5. The summed E-state index contributed by atoms with van der Waals surface area (Å²) in [5.74, 6) is 0.195. The Morgan fingerprint density at radius 2 is 1.55 bits per heavy atom. The first-order valence-electron chi connectivity index (χ1n) is 14.2. The summed E-state index contributed by atoms with van der Waals surface area (Å²) in [6, 6.07) is 22.8. The van der Waals surface area contributed by atoms with Crippen molar-refractivity contribution in [3.63, 3.8) is 0 Å². The van der Waals surface area contributed by atoms with Crippen molar-refractivity contribution >= 4 is 12.0 Å². The van der Waals surface area contributed by atoms with E-state index in [-0.39, 0.29) is 18.9 Å². The van der Waals surface area contributed by atoms with Gasteiger partial charge in [-0.15, -0.1) is 0 Å². The molecule has 0 unspecified atom stereocenters. The van der Waals surface area contributed by atoms with Crippen LogP contribution in [0.2, 0.25) is 0 Å². The van der Waals surface area contributed by atoms with E-state index in [9.17, 15) is 22.8 Å². The summed E-state index contributed by atoms with van der Waals surface area (Å²) in [6.07, 6.45) is -1.77. The van der Waals surface area contributed by atoms with Crippen LogP contribution in [0.25, 0.3) is 0 Å². The average Bonchev–Trinajstić information content (AvgIpc) is 3.68. The van der Waals surface area contributed by atoms with Crippen LogP contribution >= 0.6 is 0 Å². The Balaban J connectivity index is 1.13. The number of alkyl halides is 3. The molecule has 2 atom stereocenters. The van der Waals surface area contributed by atoms with Crippen LogP contribution in [0.1, 0.15) is 47.6 Å². The van der Waals surface area contributed by atoms with Gasteiger partial charge in [0.25, 0.3) is 0 Å². The van der Waals surface area contributed by atoms with Gasteiger partial charge in [-0.1, -0.05) is 47.6 Å². The summed E-state index contributed by atoms with van der Waals surface area (Å²) in [6.45, 7) is 0.903. The zero-order chi connectivity index (χ0) is 30.9. The molecule has 2 heterocycles. The summed E-state index contributed by atoms with van der Waals surface area (Å²) < 4.78 is 59.7. The summed E-state index contributed by atoms with van der Waals surface area (Å²) in [7, 11) is 0. The molecular formula is C33H31F3N2O6. The molecule has 1 aliphatic rings. The standard InChI is InChI=1S/C33H31F3N2O6/c34-33(35,36)25-10-14-28(15-11-25)42-18-5-4-17-41-27-12-8-24(9-13-27)29(30-16-19-44-37-30)21-31(39)38-26(22-43-32(38)40)20-23-6-2-1-3-7-23/h1-3,6-16,19,26,29H,4-5,17-18,20-22H2/t26-,29-/m0/s1. The highest BCUT2D eigenvalue weighted by Crippen LogP contribution is 2.32. The fraction of sp³-hybridized carbons (Fsp3) is 0.303. The molecule has 1 saturated heterocycles. The number of hydrogen-bond donors (Lipinski definition) is 0. The van der Waals surface area contributed by atoms with E-state index in [1.165, 1.54) is 23.3 Å². The minimum Gasteiger partial charge on any atom is -0.494 e. The van der Waals surface area contributed by atoms with Crippen molar-refractivity contribution in [1.29, 1.82) is 0 Å². The van der Waals surface area contributed by atoms with Gasteiger partial charge < -0.3 is 18.7 Å². The number of amides is 2. The number of carbonyl (C=O) groups excluding carboxylic acids is 2. The predicted octanol–water partition coefficient (Wildman–Crippen LogP) is 7.04. The van der Waals surface area contributed by atoms with Gasteiger partial charge in [-0.2, -0.15) is 13.2 Å². The lowest BCUT2D eigenvalue weighted by atomic mass is 9.91. The second kappa shape index (κ2) is 14.1. The van der Waals surface area contributed by atoms with Crippen LogP contribution in [-0.4, -0.2) is 47.9 Å². The van der Waals surface area contributed by atoms with Crippen molar-refractivity contribution < 1.29 is 41.5 Å². The molecule has 0 spiro atoms. The molecule has 1 aromatic heterocycles. The van der Waals surface area contributed by atoms with Crippen molar-refractivity contribution in [3.05, 3.63) is 114 Å². The lowest BCUT2D eigenvalue weighted by molar-refractivity contribution is -0.137. The number of aromatic nitrogens is 1. The van der Waals surface area contributed by atoms with Crippen LogP contribution < -0.4 is 9.47 Å². The molecule has 2 amide bonds. The maximum atomic E-state index is 13.5. The van der Waals surface area contributed by atoms with E-state index in [1.54, 1.807) is 18.2 Å². The number of unbranched alkanes of at least 4 members (excludes halogenated alkanes) is 1. The second-order valence-corrected chi connectivity index (χ2v) is 10.4. The van der Waals surface area contributed by atoms with Crippen LogP contribution in [0.4, 0.5) is 18.0 Å². The number of carbonyl (C=O) groups is 2. The SMILES string of the molecule is O=C(C[C@@H](c1ccc(OCCCCOc2ccc(C(F)(F)F)cc2)cc1)c1ccon1)N1C(=O)OC[C@@H]1Cc1ccccc1. The van der Waals surface area contributed by atoms with Crippen molar-refractivity contribution in [1.82, 2.24) is 10.1 Å². The molecule has 1 aliphatic heterocycles. The highest BCUT2D eigenvalue weighted by Gasteiger charge is 2.39. The number of nitrogens with zero attached hydrogens (tertiary/aromatic N) is 2. The minimum atomic E-state index is -4.38. The Labute approximate surface area is 252 Å². The molecule has 4 aromatic rings. The molecule has 8 nitrogen and oxygen atoms in total. The van der Waals surface area contributed by atoms with Gasteiger partial charge in [0.15, 0.2) is 0 Å². The largest absolute Gasteiger partial charge is 0.494 e. The molecule has 5 rings (SSSR count). The summed E-state index contributed by atoms with van der Waals surface area (Å²) in [4.78, 5) is 27.2. The third kappa shape index (κ3) is 7.97. The van der Waals surface area contributed by atoms with Crippen molar-refractivity contribution in [2.24, 2.45) is 0 Å². The van der Waals surface area contributed by atoms with Crippen LogP contribution in [0.3, 0.4) is 0 Å². The third-order valence-electron chi connectivity index (χ3n) is 7.28. The van der Waals surface area contributed by atoms with E-state index in [1.807, 2.05) is 42.5 Å². The monoisotopic (exact) mass is 608 g/mol. The molecule has 0 saturated carbocycles. The fourth-order valence-electron chi connectivity index (χ4n) is 4.99. The van der Waals surface area contributed by atoms with E-state index in [4.69, 9.17) is 18.7 Å². The highest BCUT2D eigenvalue weighted by atomic mass is 19.4. The summed E-state index contributed by atoms with van der Waals surface area (Å²) in [5, 5.41) is 4.06. The molecular weight excluding hydrogens is 577 g/mol. The number of halogens is 3. The van der Waals surface area contributed by atoms with Crippen molar-refractivity contribution in [3.8, 4) is 11.5 Å². The third-order valence-corrected chi connectivity index (χ3v) is 7.28. The van der Waals surface area contributed by atoms with Crippen LogP contribution in [-0.2, 0) is 22.1 Å². The zero-order valence-electron chi connectivity index (χ0n) is 23.7. The van der Waals surface area contributed by atoms with Gasteiger partial charge in [0.2, 0.25) is 5.91 Å². The van der Waals surface area contributed by atoms with Crippen LogP contribution in [0, 0.1) is 0 Å². The van der Waals surface area contributed by atoms with Gasteiger partial charge in [0.1, 0.15) is 24.4 Å². The summed E-state index contributed by atoms with van der Waals surface area (Å²) >= 11 is 0. The molecule has 11 heteroatoms. The Kier molecular flexibility index (Phi) is 9.83. The van der Waals surface area contributed by atoms with E-state index in [0.29, 0.717) is 49.7 Å². The first kappa shape index (κ1) is 30.7. The van der Waals surface area contributed by atoms with E-state index < -0.39 is 29.8 Å². The van der Waals surface area contributed by atoms with Gasteiger partial charge >= 0.3 is 12.3 Å². The van der Waals surface area contributed by atoms with Gasteiger partial charge in [0, 0.05) is 18.4 Å². The molecule has 0 bridgehead atoms. The van der Waals surface area contributed by atoms with E-state index in [2.05, 4.69) is 5.16 Å². The molecule has 3 aromatic carbocycles. The Morgan fingerprint density at radius 1 is 0.909 bits per heavy atom. The lowest BCUT2D eigenvalue weighted by Gasteiger charge is -2.22. The number of rotatable bonds is 13. The number of benzene rings is 3. The van der Waals surface area contributed by atoms with Gasteiger partial charge in [0.05, 0.1) is 30.5 Å². The molecule has 0 N–H and O–H groups in total. The molecule has 44 heavy (non-hydrogen) atoms. The van der Waals surface area contributed by atoms with Gasteiger partial charge in [-0.25, -0.2) is 9.69 Å². The fourth-order valence-corrected chi connectivity index (χ4v) is 4.99. The van der Waals surface area contributed by atoms with Crippen LogP contribution in [0.5, 0.6) is 11.5 Å². The quantitative estimate of drug-likeness (QED) is 0.150. The normalized spacial score (nSPS) is 15.6. The number of ether oxygens (including phenoxy) is 3. The van der Waals surface area contributed by atoms with Gasteiger partial charge in [-0.3, -0.25) is 4.79 Å². The molecule has 1 fully saturated rings. The topological polar surface area (TPSA) is 91.1 Å². The van der Waals surface area contributed by atoms with E-state index >= 15 is 0 Å². The molecule has 230 valence electrons. The number of imide groups is 1. The predicted molar refractivity (Wildman–Crippen MR) is 153 cm³/mol. The molecule has 0 aliphatic carbocycles.